The van der Waals surface area contributed by atoms with Gasteiger partial charge >= 0.3 is 0 Å². The van der Waals surface area contributed by atoms with E-state index in [1.165, 1.54) is 44.9 Å². The minimum atomic E-state index is -1.41. The molecule has 2 rings (SSSR count). The van der Waals surface area contributed by atoms with Gasteiger partial charge in [0.25, 0.3) is 0 Å². The summed E-state index contributed by atoms with van der Waals surface area (Å²) in [5, 5.41) is 4.06. The van der Waals surface area contributed by atoms with E-state index in [0.29, 0.717) is 12.0 Å². The normalized spacial score (nSPS) is 24.3. The third kappa shape index (κ3) is 6.03. The first-order valence-corrected chi connectivity index (χ1v) is 12.7. The van der Waals surface area contributed by atoms with Gasteiger partial charge in [-0.1, -0.05) is 33.1 Å². The minimum Gasteiger partial charge on any atom is -0.416 e. The Kier molecular flexibility index (Phi) is 6.34. The molecule has 2 aliphatic carbocycles. The van der Waals surface area contributed by atoms with Gasteiger partial charge in [0.15, 0.2) is 8.32 Å². The van der Waals surface area contributed by atoms with Crippen LogP contribution in [-0.4, -0.2) is 27.0 Å². The third-order valence-corrected chi connectivity index (χ3v) is 6.23. The van der Waals surface area contributed by atoms with E-state index in [9.17, 15) is 0 Å². The van der Waals surface area contributed by atoms with Crippen molar-refractivity contribution in [1.82, 2.24) is 5.32 Å². The highest BCUT2D eigenvalue weighted by Gasteiger charge is 2.38. The number of rotatable bonds is 8. The van der Waals surface area contributed by atoms with Crippen molar-refractivity contribution >= 4 is 8.32 Å². The lowest BCUT2D eigenvalue weighted by Crippen LogP contribution is -2.50. The molecule has 0 unspecified atom stereocenters. The van der Waals surface area contributed by atoms with E-state index in [0.717, 1.165) is 24.5 Å². The molecule has 3 heteroatoms. The van der Waals surface area contributed by atoms with Crippen LogP contribution >= 0.6 is 0 Å². The van der Waals surface area contributed by atoms with Gasteiger partial charge < -0.3 is 9.74 Å². The maximum Gasteiger partial charge on any atom is 0.183 e. The molecular formula is C18H37NOSi. The highest BCUT2D eigenvalue weighted by atomic mass is 28.4. The van der Waals surface area contributed by atoms with E-state index in [4.69, 9.17) is 4.43 Å². The van der Waals surface area contributed by atoms with Gasteiger partial charge in [0.1, 0.15) is 0 Å². The molecule has 1 N–H and O–H groups in total. The number of nitrogens with one attached hydrogen (secondary N) is 1. The predicted octanol–water partition coefficient (Wildman–Crippen LogP) is 4.81. The largest absolute Gasteiger partial charge is 0.416 e. The summed E-state index contributed by atoms with van der Waals surface area (Å²) in [4.78, 5) is 0. The zero-order chi connectivity index (χ0) is 15.5. The van der Waals surface area contributed by atoms with Gasteiger partial charge in [-0.2, -0.15) is 0 Å². The maximum absolute atomic E-state index is 6.22. The summed E-state index contributed by atoms with van der Waals surface area (Å²) in [6, 6.07) is 1.30. The molecule has 124 valence electrons. The quantitative estimate of drug-likeness (QED) is 0.649. The van der Waals surface area contributed by atoms with Crippen molar-refractivity contribution in [2.45, 2.75) is 90.5 Å². The van der Waals surface area contributed by atoms with Gasteiger partial charge in [-0.25, -0.2) is 0 Å². The highest BCUT2D eigenvalue weighted by molar-refractivity contribution is 6.69. The summed E-state index contributed by atoms with van der Waals surface area (Å²) >= 11 is 0. The van der Waals surface area contributed by atoms with Gasteiger partial charge in [-0.15, -0.1) is 0 Å². The van der Waals surface area contributed by atoms with Crippen LogP contribution in [0.1, 0.15) is 58.8 Å². The number of hydrogen-bond acceptors (Lipinski definition) is 2. The number of hydrogen-bond donors (Lipinski definition) is 1. The Hall–Kier alpha value is 0.137. The molecule has 0 heterocycles. The molecule has 0 spiro atoms. The molecular weight excluding hydrogens is 274 g/mol. The Balaban J connectivity index is 1.91. The second-order valence-corrected chi connectivity index (χ2v) is 13.2. The average Bonchev–Trinajstić information content (AvgIpc) is 3.22. The second kappa shape index (κ2) is 7.61. The van der Waals surface area contributed by atoms with Crippen molar-refractivity contribution in [3.63, 3.8) is 0 Å². The van der Waals surface area contributed by atoms with Crippen molar-refractivity contribution in [1.29, 1.82) is 0 Å². The Morgan fingerprint density at radius 2 is 1.52 bits per heavy atom. The van der Waals surface area contributed by atoms with E-state index < -0.39 is 8.32 Å². The van der Waals surface area contributed by atoms with Gasteiger partial charge in [0.2, 0.25) is 0 Å². The zero-order valence-corrected chi connectivity index (χ0v) is 16.0. The minimum absolute atomic E-state index is 0.532. The fraction of sp³-hybridized carbons (Fsp3) is 1.00. The molecule has 0 saturated heterocycles. The molecule has 0 amide bonds. The smallest absolute Gasteiger partial charge is 0.183 e. The Bertz CT molecular complexity index is 303. The molecule has 0 aliphatic heterocycles. The van der Waals surface area contributed by atoms with Crippen LogP contribution in [0.2, 0.25) is 19.6 Å². The van der Waals surface area contributed by atoms with Crippen molar-refractivity contribution in [3.05, 3.63) is 0 Å². The molecule has 2 fully saturated rings. The summed E-state index contributed by atoms with van der Waals surface area (Å²) < 4.78 is 6.22. The summed E-state index contributed by atoms with van der Waals surface area (Å²) in [7, 11) is -1.41. The molecule has 2 aliphatic rings. The first-order valence-electron chi connectivity index (χ1n) is 9.27. The molecule has 0 aromatic carbocycles. The van der Waals surface area contributed by atoms with E-state index in [2.05, 4.69) is 38.8 Å². The van der Waals surface area contributed by atoms with Crippen LogP contribution in [0.3, 0.4) is 0 Å². The lowest BCUT2D eigenvalue weighted by atomic mass is 9.81. The first-order chi connectivity index (χ1) is 9.87. The monoisotopic (exact) mass is 311 g/mol. The molecule has 2 atom stereocenters. The summed E-state index contributed by atoms with van der Waals surface area (Å²) in [5.41, 5.74) is 0. The molecule has 0 bridgehead atoms. The lowest BCUT2D eigenvalue weighted by molar-refractivity contribution is 0.169. The predicted molar refractivity (Wildman–Crippen MR) is 94.1 cm³/mol. The fourth-order valence-electron chi connectivity index (χ4n) is 3.63. The molecule has 0 radical (unpaired) electrons. The Morgan fingerprint density at radius 1 is 0.952 bits per heavy atom. The van der Waals surface area contributed by atoms with Gasteiger partial charge in [0, 0.05) is 18.7 Å². The highest BCUT2D eigenvalue weighted by Crippen LogP contribution is 2.40. The third-order valence-electron chi connectivity index (χ3n) is 5.19. The molecule has 2 nitrogen and oxygen atoms in total. The lowest BCUT2D eigenvalue weighted by Gasteiger charge is -2.36. The van der Waals surface area contributed by atoms with Crippen molar-refractivity contribution < 1.29 is 4.43 Å². The van der Waals surface area contributed by atoms with E-state index in [1.54, 1.807) is 0 Å². The second-order valence-electron chi connectivity index (χ2n) is 8.70. The van der Waals surface area contributed by atoms with Crippen LogP contribution in [-0.2, 0) is 4.43 Å². The Morgan fingerprint density at radius 3 is 2.00 bits per heavy atom. The van der Waals surface area contributed by atoms with Crippen LogP contribution in [0.15, 0.2) is 0 Å². The van der Waals surface area contributed by atoms with E-state index in [1.807, 2.05) is 0 Å². The van der Waals surface area contributed by atoms with Crippen molar-refractivity contribution in [2.75, 3.05) is 6.61 Å². The maximum atomic E-state index is 6.22. The summed E-state index contributed by atoms with van der Waals surface area (Å²) in [6.07, 6.45) is 10.2. The average molecular weight is 312 g/mol. The van der Waals surface area contributed by atoms with Crippen LogP contribution in [0.25, 0.3) is 0 Å². The molecule has 2 saturated carbocycles. The molecule has 0 aromatic heterocycles. The van der Waals surface area contributed by atoms with Crippen LogP contribution in [0.5, 0.6) is 0 Å². The van der Waals surface area contributed by atoms with Crippen molar-refractivity contribution in [3.8, 4) is 0 Å². The van der Waals surface area contributed by atoms with Crippen LogP contribution < -0.4 is 5.32 Å². The van der Waals surface area contributed by atoms with Gasteiger partial charge in [0.05, 0.1) is 0 Å². The van der Waals surface area contributed by atoms with Gasteiger partial charge in [-0.3, -0.25) is 0 Å². The SMILES string of the molecule is CC(C)[C@@H](CO[Si](C)(C)C)N[C@H](C1CCCCC1)C1CC1. The van der Waals surface area contributed by atoms with Gasteiger partial charge in [-0.05, 0) is 63.1 Å². The zero-order valence-electron chi connectivity index (χ0n) is 15.0. The molecule has 0 aromatic rings. The van der Waals surface area contributed by atoms with E-state index >= 15 is 0 Å². The van der Waals surface area contributed by atoms with Crippen molar-refractivity contribution in [2.24, 2.45) is 17.8 Å². The van der Waals surface area contributed by atoms with Crippen LogP contribution in [0.4, 0.5) is 0 Å². The topological polar surface area (TPSA) is 21.3 Å². The summed E-state index contributed by atoms with van der Waals surface area (Å²) in [6.45, 7) is 12.5. The van der Waals surface area contributed by atoms with Crippen LogP contribution in [0, 0.1) is 17.8 Å². The molecule has 21 heavy (non-hydrogen) atoms. The first kappa shape index (κ1) is 17.5. The fourth-order valence-corrected chi connectivity index (χ4v) is 4.31. The standard InChI is InChI=1S/C18H37NOSi/c1-14(2)17(13-20-21(3,4)5)19-18(16-11-12-16)15-9-7-6-8-10-15/h14-19H,6-13H2,1-5H3/t17-,18-/m1/s1. The summed E-state index contributed by atoms with van der Waals surface area (Å²) in [5.74, 6) is 2.55. The Labute approximate surface area is 133 Å². The van der Waals surface area contributed by atoms with E-state index in [-0.39, 0.29) is 0 Å².